The first-order valence-corrected chi connectivity index (χ1v) is 16.8. The molecule has 9 heteroatoms. The van der Waals surface area contributed by atoms with Gasteiger partial charge in [-0.1, -0.05) is 0 Å². The van der Waals surface area contributed by atoms with E-state index in [4.69, 9.17) is 9.98 Å². The Morgan fingerprint density at radius 1 is 0.644 bits per heavy atom. The third-order valence-corrected chi connectivity index (χ3v) is 8.90. The maximum absolute atomic E-state index is 5.03. The largest absolute Gasteiger partial charge is 0.382 e. The average molecular weight is 604 g/mol. The lowest BCUT2D eigenvalue weighted by Gasteiger charge is -2.33. The lowest BCUT2D eigenvalue weighted by atomic mass is 10.0. The number of rotatable bonds is 8. The fraction of sp³-hybridized carbons (Fsp3) is 0.444. The van der Waals surface area contributed by atoms with Crippen LogP contribution in [0.4, 0.5) is 22.7 Å². The number of hydrogen-bond acceptors (Lipinski definition) is 9. The molecule has 0 aliphatic carbocycles. The predicted molar refractivity (Wildman–Crippen MR) is 190 cm³/mol. The highest BCUT2D eigenvalue weighted by atomic mass is 15.4. The summed E-state index contributed by atoms with van der Waals surface area (Å²) in [6.45, 7) is 13.2. The number of nitrogens with one attached hydrogen (secondary N) is 2. The standard InChI is InChI=1S/C36H45N9/c1-24(2)39-31-19-26(43-15-7-5-8-16-43)11-13-29(31)33-21-28-22-34(42-36-38-23-37-35(41-33)45(28)36)30-14-12-27(20-32(30)40-25(3)4)44-17-9-6-10-18-44/h11-14,19-25,39-40H,5-10,15-18H2,1-4H3. The SMILES string of the molecule is CC(C)Nc1cc(N2CCCCC2)ccc1C1=CC2=CC(c3ccc(N4CCCCC4)cc3NC(C)C)=NC3=NC=NC(=N1)N23. The topological polar surface area (TPSA) is 83.2 Å². The van der Waals surface area contributed by atoms with Crippen molar-refractivity contribution in [3.05, 3.63) is 65.4 Å². The van der Waals surface area contributed by atoms with E-state index in [1.807, 2.05) is 4.90 Å². The highest BCUT2D eigenvalue weighted by molar-refractivity contribution is 6.24. The number of benzene rings is 2. The van der Waals surface area contributed by atoms with Crippen molar-refractivity contribution in [2.45, 2.75) is 78.3 Å². The minimum Gasteiger partial charge on any atom is -0.382 e. The molecule has 45 heavy (non-hydrogen) atoms. The molecule has 0 aromatic heterocycles. The smallest absolute Gasteiger partial charge is 0.239 e. The van der Waals surface area contributed by atoms with Gasteiger partial charge in [0.25, 0.3) is 0 Å². The van der Waals surface area contributed by atoms with E-state index in [2.05, 4.69) is 107 Å². The first kappa shape index (κ1) is 29.3. The molecule has 2 fully saturated rings. The Labute approximate surface area is 267 Å². The minimum absolute atomic E-state index is 0.285. The number of hydrogen-bond donors (Lipinski definition) is 2. The van der Waals surface area contributed by atoms with Gasteiger partial charge >= 0.3 is 0 Å². The van der Waals surface area contributed by atoms with Crippen molar-refractivity contribution in [2.75, 3.05) is 46.6 Å². The number of anilines is 4. The van der Waals surface area contributed by atoms with Gasteiger partial charge in [-0.15, -0.1) is 0 Å². The van der Waals surface area contributed by atoms with Gasteiger partial charge in [-0.25, -0.2) is 24.9 Å². The summed E-state index contributed by atoms with van der Waals surface area (Å²) in [5.74, 6) is 1.17. The van der Waals surface area contributed by atoms with E-state index in [0.717, 1.165) is 65.8 Å². The Kier molecular flexibility index (Phi) is 8.17. The molecule has 0 saturated carbocycles. The molecule has 5 aliphatic rings. The lowest BCUT2D eigenvalue weighted by Crippen LogP contribution is -2.40. The predicted octanol–water partition coefficient (Wildman–Crippen LogP) is 7.11. The van der Waals surface area contributed by atoms with Crippen LogP contribution in [0, 0.1) is 0 Å². The van der Waals surface area contributed by atoms with Crippen LogP contribution in [-0.4, -0.2) is 67.1 Å². The summed E-state index contributed by atoms with van der Waals surface area (Å²) < 4.78 is 0. The Morgan fingerprint density at radius 3 is 1.82 bits per heavy atom. The first-order valence-electron chi connectivity index (χ1n) is 16.8. The van der Waals surface area contributed by atoms with Gasteiger partial charge in [-0.2, -0.15) is 0 Å². The lowest BCUT2D eigenvalue weighted by molar-refractivity contribution is 0.578. The van der Waals surface area contributed by atoms with Crippen molar-refractivity contribution < 1.29 is 0 Å². The molecule has 2 aromatic carbocycles. The molecule has 9 nitrogen and oxygen atoms in total. The molecular formula is C36H45N9. The zero-order chi connectivity index (χ0) is 30.9. The number of piperidine rings is 2. The summed E-state index contributed by atoms with van der Waals surface area (Å²) in [5, 5.41) is 7.40. The fourth-order valence-corrected chi connectivity index (χ4v) is 6.80. The van der Waals surface area contributed by atoms with Crippen molar-refractivity contribution in [3.63, 3.8) is 0 Å². The van der Waals surface area contributed by atoms with Crippen LogP contribution in [0.1, 0.15) is 77.3 Å². The molecule has 7 rings (SSSR count). The van der Waals surface area contributed by atoms with Gasteiger partial charge in [0.2, 0.25) is 11.9 Å². The van der Waals surface area contributed by atoms with Crippen LogP contribution in [0.15, 0.2) is 74.2 Å². The van der Waals surface area contributed by atoms with E-state index in [1.165, 1.54) is 49.9 Å². The normalized spacial score (nSPS) is 19.5. The number of aliphatic imine (C=N–C) groups is 4. The molecule has 5 aliphatic heterocycles. The van der Waals surface area contributed by atoms with Crippen molar-refractivity contribution in [2.24, 2.45) is 20.0 Å². The first-order chi connectivity index (χ1) is 21.9. The molecule has 0 amide bonds. The molecule has 234 valence electrons. The Bertz CT molecular complexity index is 1550. The van der Waals surface area contributed by atoms with E-state index >= 15 is 0 Å². The third-order valence-electron chi connectivity index (χ3n) is 8.90. The fourth-order valence-electron chi connectivity index (χ4n) is 6.80. The molecule has 0 radical (unpaired) electrons. The second-order valence-electron chi connectivity index (χ2n) is 13.2. The summed E-state index contributed by atoms with van der Waals surface area (Å²) in [6.07, 6.45) is 13.5. The summed E-state index contributed by atoms with van der Waals surface area (Å²) in [6, 6.07) is 14.1. The van der Waals surface area contributed by atoms with Gasteiger partial charge in [0.1, 0.15) is 6.34 Å². The van der Waals surface area contributed by atoms with Gasteiger partial charge in [0, 0.05) is 72.1 Å². The molecule has 2 aromatic rings. The van der Waals surface area contributed by atoms with E-state index in [-0.39, 0.29) is 12.1 Å². The van der Waals surface area contributed by atoms with E-state index in [0.29, 0.717) is 11.9 Å². The minimum atomic E-state index is 0.285. The Balaban J connectivity index is 1.28. The second-order valence-corrected chi connectivity index (χ2v) is 13.2. The van der Waals surface area contributed by atoms with Crippen LogP contribution in [0.3, 0.4) is 0 Å². The number of guanidine groups is 2. The van der Waals surface area contributed by atoms with Gasteiger partial charge < -0.3 is 20.4 Å². The zero-order valence-corrected chi connectivity index (χ0v) is 27.1. The molecule has 2 saturated heterocycles. The molecule has 0 atom stereocenters. The highest BCUT2D eigenvalue weighted by Crippen LogP contribution is 2.37. The van der Waals surface area contributed by atoms with Crippen LogP contribution in [0.25, 0.3) is 5.70 Å². The van der Waals surface area contributed by atoms with Gasteiger partial charge in [0.05, 0.1) is 17.1 Å². The molecule has 0 spiro atoms. The van der Waals surface area contributed by atoms with Crippen molar-refractivity contribution in [1.82, 2.24) is 4.90 Å². The quantitative estimate of drug-likeness (QED) is 0.336. The molecule has 2 N–H and O–H groups in total. The molecular weight excluding hydrogens is 558 g/mol. The Morgan fingerprint density at radius 2 is 1.22 bits per heavy atom. The van der Waals surface area contributed by atoms with Gasteiger partial charge in [0.15, 0.2) is 0 Å². The van der Waals surface area contributed by atoms with E-state index < -0.39 is 0 Å². The van der Waals surface area contributed by atoms with Crippen LogP contribution >= 0.6 is 0 Å². The summed E-state index contributed by atoms with van der Waals surface area (Å²) in [7, 11) is 0. The van der Waals surface area contributed by atoms with Gasteiger partial charge in [-0.05, 0) is 115 Å². The molecule has 0 bridgehead atoms. The van der Waals surface area contributed by atoms with E-state index in [1.54, 1.807) is 6.34 Å². The van der Waals surface area contributed by atoms with Crippen LogP contribution in [0.5, 0.6) is 0 Å². The maximum atomic E-state index is 5.03. The summed E-state index contributed by atoms with van der Waals surface area (Å²) in [4.78, 5) is 26.2. The Hall–Kier alpha value is -4.40. The van der Waals surface area contributed by atoms with Crippen molar-refractivity contribution in [3.8, 4) is 0 Å². The van der Waals surface area contributed by atoms with Crippen LogP contribution in [0.2, 0.25) is 0 Å². The number of nitrogens with zero attached hydrogens (tertiary/aromatic N) is 7. The van der Waals surface area contributed by atoms with Gasteiger partial charge in [-0.3, -0.25) is 0 Å². The van der Waals surface area contributed by atoms with Crippen molar-refractivity contribution in [1.29, 1.82) is 0 Å². The zero-order valence-electron chi connectivity index (χ0n) is 27.1. The summed E-state index contributed by atoms with van der Waals surface area (Å²) in [5.41, 5.74) is 9.55. The van der Waals surface area contributed by atoms with Crippen LogP contribution in [-0.2, 0) is 0 Å². The van der Waals surface area contributed by atoms with Crippen molar-refractivity contribution >= 4 is 52.4 Å². The third kappa shape index (κ3) is 6.13. The average Bonchev–Trinajstić information content (AvgIpc) is 3.05. The highest BCUT2D eigenvalue weighted by Gasteiger charge is 2.32. The molecule has 5 heterocycles. The summed E-state index contributed by atoms with van der Waals surface area (Å²) >= 11 is 0. The van der Waals surface area contributed by atoms with E-state index in [9.17, 15) is 0 Å². The molecule has 0 unspecified atom stereocenters. The maximum Gasteiger partial charge on any atom is 0.239 e. The van der Waals surface area contributed by atoms with Crippen LogP contribution < -0.4 is 20.4 Å². The number of allylic oxidation sites excluding steroid dienone is 2. The monoisotopic (exact) mass is 603 g/mol. The second kappa shape index (κ2) is 12.5.